The third kappa shape index (κ3) is 4.53. The monoisotopic (exact) mass is 436 g/mol. The highest BCUT2D eigenvalue weighted by Gasteiger charge is 2.27. The molecule has 1 heterocycles. The summed E-state index contributed by atoms with van der Waals surface area (Å²) in [5.41, 5.74) is 2.21. The number of fused-ring (bicyclic) bond motifs is 1. The molecule has 4 nitrogen and oxygen atoms in total. The quantitative estimate of drug-likeness (QED) is 0.587. The summed E-state index contributed by atoms with van der Waals surface area (Å²) < 4.78 is 0. The summed E-state index contributed by atoms with van der Waals surface area (Å²) in [4.78, 5) is 29.1. The van der Waals surface area contributed by atoms with Gasteiger partial charge in [0.2, 0.25) is 5.91 Å². The van der Waals surface area contributed by atoms with Crippen LogP contribution in [0.3, 0.4) is 0 Å². The molecule has 4 rings (SSSR count). The van der Waals surface area contributed by atoms with Gasteiger partial charge in [0.1, 0.15) is 0 Å². The Morgan fingerprint density at radius 3 is 2.47 bits per heavy atom. The van der Waals surface area contributed by atoms with E-state index in [2.05, 4.69) is 5.32 Å². The Bertz CT molecular complexity index is 1060. The second-order valence-electron chi connectivity index (χ2n) is 6.98. The molecule has 1 N–H and O–H groups in total. The van der Waals surface area contributed by atoms with Crippen molar-refractivity contribution in [3.63, 3.8) is 0 Å². The summed E-state index contributed by atoms with van der Waals surface area (Å²) in [6.45, 7) is 0.653. The smallest absolute Gasteiger partial charge is 0.253 e. The van der Waals surface area contributed by atoms with Gasteiger partial charge in [0.15, 0.2) is 0 Å². The van der Waals surface area contributed by atoms with Gasteiger partial charge < -0.3 is 10.2 Å². The summed E-state index contributed by atoms with van der Waals surface area (Å²) in [5.74, 6) is 0.540. The van der Waals surface area contributed by atoms with E-state index >= 15 is 0 Å². The zero-order valence-corrected chi connectivity index (χ0v) is 17.8. The molecule has 0 saturated heterocycles. The first-order valence-electron chi connectivity index (χ1n) is 9.76. The third-order valence-electron chi connectivity index (χ3n) is 5.03. The van der Waals surface area contributed by atoms with Crippen molar-refractivity contribution in [3.05, 3.63) is 95.0 Å². The van der Waals surface area contributed by atoms with E-state index in [-0.39, 0.29) is 18.2 Å². The normalized spacial score (nSPS) is 14.0. The molecule has 2 amide bonds. The zero-order chi connectivity index (χ0) is 20.9. The van der Waals surface area contributed by atoms with Crippen LogP contribution < -0.4 is 10.2 Å². The Hall–Kier alpha value is -2.76. The van der Waals surface area contributed by atoms with Gasteiger partial charge in [-0.25, -0.2) is 0 Å². The highest BCUT2D eigenvalue weighted by Crippen LogP contribution is 2.35. The van der Waals surface area contributed by atoms with E-state index in [1.54, 1.807) is 36.0 Å². The summed E-state index contributed by atoms with van der Waals surface area (Å²) in [6, 6.07) is 24.0. The molecule has 30 heavy (non-hydrogen) atoms. The number of nitrogens with one attached hydrogen (secondary N) is 1. The van der Waals surface area contributed by atoms with Crippen molar-refractivity contribution in [3.8, 4) is 0 Å². The molecule has 0 radical (unpaired) electrons. The standard InChI is InChI=1S/C24H21ClN2O2S/c25-19-11-5-4-10-18(19)24(29)26-20(17-8-2-1-3-9-17)16-23(28)27-14-15-30-22-13-7-6-12-21(22)27/h1-13,20H,14-16H2,(H,26,29). The second kappa shape index (κ2) is 9.37. The minimum Gasteiger partial charge on any atom is -0.345 e. The van der Waals surface area contributed by atoms with Crippen LogP contribution in [0.5, 0.6) is 0 Å². The fourth-order valence-corrected chi connectivity index (χ4v) is 4.75. The zero-order valence-electron chi connectivity index (χ0n) is 16.3. The fraction of sp³-hybridized carbons (Fsp3) is 0.167. The lowest BCUT2D eigenvalue weighted by Crippen LogP contribution is -2.39. The minimum atomic E-state index is -0.454. The molecular formula is C24H21ClN2O2S. The SMILES string of the molecule is O=C(NC(CC(=O)N1CCSc2ccccc21)c1ccccc1)c1ccccc1Cl. The van der Waals surface area contributed by atoms with Crippen molar-refractivity contribution in [2.24, 2.45) is 0 Å². The summed E-state index contributed by atoms with van der Waals surface area (Å²) >= 11 is 7.95. The molecule has 0 saturated carbocycles. The number of rotatable bonds is 5. The Morgan fingerprint density at radius 2 is 1.67 bits per heavy atom. The molecular weight excluding hydrogens is 416 g/mol. The van der Waals surface area contributed by atoms with Crippen LogP contribution in [0.1, 0.15) is 28.4 Å². The molecule has 3 aromatic rings. The van der Waals surface area contributed by atoms with E-state index in [1.807, 2.05) is 59.5 Å². The average Bonchev–Trinajstić information content (AvgIpc) is 2.79. The maximum atomic E-state index is 13.3. The number of para-hydroxylation sites is 1. The number of nitrogens with zero attached hydrogens (tertiary/aromatic N) is 1. The van der Waals surface area contributed by atoms with Crippen molar-refractivity contribution < 1.29 is 9.59 Å². The highest BCUT2D eigenvalue weighted by molar-refractivity contribution is 7.99. The van der Waals surface area contributed by atoms with Crippen LogP contribution in [0.4, 0.5) is 5.69 Å². The van der Waals surface area contributed by atoms with Gasteiger partial charge in [0.25, 0.3) is 5.91 Å². The molecule has 152 valence electrons. The number of halogens is 1. The van der Waals surface area contributed by atoms with E-state index in [0.29, 0.717) is 17.1 Å². The Balaban J connectivity index is 1.58. The lowest BCUT2D eigenvalue weighted by molar-refractivity contribution is -0.119. The molecule has 0 aromatic heterocycles. The largest absolute Gasteiger partial charge is 0.345 e. The number of hydrogen-bond donors (Lipinski definition) is 1. The molecule has 1 aliphatic rings. The molecule has 0 fully saturated rings. The first-order valence-corrected chi connectivity index (χ1v) is 11.1. The number of carbonyl (C=O) groups excluding carboxylic acids is 2. The third-order valence-corrected chi connectivity index (χ3v) is 6.41. The van der Waals surface area contributed by atoms with Gasteiger partial charge in [0, 0.05) is 17.2 Å². The molecule has 1 atom stereocenters. The molecule has 0 bridgehead atoms. The van der Waals surface area contributed by atoms with E-state index in [4.69, 9.17) is 11.6 Å². The van der Waals surface area contributed by atoms with Crippen LogP contribution in [-0.2, 0) is 4.79 Å². The maximum absolute atomic E-state index is 13.3. The van der Waals surface area contributed by atoms with Gasteiger partial charge in [-0.3, -0.25) is 9.59 Å². The highest BCUT2D eigenvalue weighted by atomic mass is 35.5. The van der Waals surface area contributed by atoms with Crippen molar-refractivity contribution in [2.75, 3.05) is 17.2 Å². The number of thioether (sulfide) groups is 1. The summed E-state index contributed by atoms with van der Waals surface area (Å²) in [6.07, 6.45) is 0.166. The lowest BCUT2D eigenvalue weighted by atomic mass is 10.0. The second-order valence-corrected chi connectivity index (χ2v) is 8.53. The first-order chi connectivity index (χ1) is 14.6. The average molecular weight is 437 g/mol. The summed E-state index contributed by atoms with van der Waals surface area (Å²) in [7, 11) is 0. The molecule has 1 aliphatic heterocycles. The molecule has 3 aromatic carbocycles. The van der Waals surface area contributed by atoms with E-state index in [1.165, 1.54) is 0 Å². The topological polar surface area (TPSA) is 49.4 Å². The van der Waals surface area contributed by atoms with Crippen LogP contribution in [-0.4, -0.2) is 24.1 Å². The number of anilines is 1. The Morgan fingerprint density at radius 1 is 0.967 bits per heavy atom. The first kappa shape index (κ1) is 20.5. The number of benzene rings is 3. The van der Waals surface area contributed by atoms with Crippen molar-refractivity contribution in [2.45, 2.75) is 17.4 Å². The van der Waals surface area contributed by atoms with Gasteiger partial charge in [-0.15, -0.1) is 11.8 Å². The molecule has 1 unspecified atom stereocenters. The van der Waals surface area contributed by atoms with E-state index < -0.39 is 6.04 Å². The van der Waals surface area contributed by atoms with Crippen molar-refractivity contribution in [1.29, 1.82) is 0 Å². The predicted molar refractivity (Wildman–Crippen MR) is 122 cm³/mol. The lowest BCUT2D eigenvalue weighted by Gasteiger charge is -2.30. The number of hydrogen-bond acceptors (Lipinski definition) is 3. The Labute approximate surface area is 185 Å². The van der Waals surface area contributed by atoms with Gasteiger partial charge in [-0.2, -0.15) is 0 Å². The van der Waals surface area contributed by atoms with Gasteiger partial charge in [0.05, 0.1) is 28.7 Å². The van der Waals surface area contributed by atoms with Crippen LogP contribution >= 0.6 is 23.4 Å². The number of carbonyl (C=O) groups is 2. The molecule has 6 heteroatoms. The van der Waals surface area contributed by atoms with Gasteiger partial charge in [-0.1, -0.05) is 66.2 Å². The molecule has 0 aliphatic carbocycles. The Kier molecular flexibility index (Phi) is 6.41. The summed E-state index contributed by atoms with van der Waals surface area (Å²) in [5, 5.41) is 3.39. The van der Waals surface area contributed by atoms with Gasteiger partial charge >= 0.3 is 0 Å². The van der Waals surface area contributed by atoms with Crippen LogP contribution in [0.15, 0.2) is 83.8 Å². The van der Waals surface area contributed by atoms with E-state index in [9.17, 15) is 9.59 Å². The maximum Gasteiger partial charge on any atom is 0.253 e. The van der Waals surface area contributed by atoms with Crippen molar-refractivity contribution >= 4 is 40.9 Å². The van der Waals surface area contributed by atoms with Crippen LogP contribution in [0, 0.1) is 0 Å². The minimum absolute atomic E-state index is 0.0175. The fourth-order valence-electron chi connectivity index (χ4n) is 3.53. The van der Waals surface area contributed by atoms with Gasteiger partial charge in [-0.05, 0) is 29.8 Å². The predicted octanol–water partition coefficient (Wildman–Crippen LogP) is 5.34. The van der Waals surface area contributed by atoms with Crippen LogP contribution in [0.25, 0.3) is 0 Å². The van der Waals surface area contributed by atoms with Crippen LogP contribution in [0.2, 0.25) is 5.02 Å². The van der Waals surface area contributed by atoms with E-state index in [0.717, 1.165) is 21.9 Å². The van der Waals surface area contributed by atoms with Crippen molar-refractivity contribution in [1.82, 2.24) is 5.32 Å². The number of amides is 2. The molecule has 0 spiro atoms.